The summed E-state index contributed by atoms with van der Waals surface area (Å²) >= 11 is 1.44. The quantitative estimate of drug-likeness (QED) is 0.785. The molecule has 1 aliphatic rings. The third-order valence-corrected chi connectivity index (χ3v) is 6.31. The number of aryl methyl sites for hydroxylation is 1. The zero-order chi connectivity index (χ0) is 18.7. The van der Waals surface area contributed by atoms with E-state index in [9.17, 15) is 13.2 Å². The maximum absolute atomic E-state index is 12.6. The van der Waals surface area contributed by atoms with Gasteiger partial charge in [0.2, 0.25) is 15.9 Å². The molecule has 2 aromatic rings. The van der Waals surface area contributed by atoms with Crippen molar-refractivity contribution in [2.45, 2.75) is 35.9 Å². The van der Waals surface area contributed by atoms with Crippen LogP contribution in [0.2, 0.25) is 0 Å². The van der Waals surface area contributed by atoms with Gasteiger partial charge in [-0.05, 0) is 61.4 Å². The molecule has 1 unspecified atom stereocenters. The molecule has 9 heteroatoms. The van der Waals surface area contributed by atoms with Crippen LogP contribution < -0.4 is 5.32 Å². The van der Waals surface area contributed by atoms with Crippen molar-refractivity contribution in [2.75, 3.05) is 18.1 Å². The minimum absolute atomic E-state index is 0.289. The highest BCUT2D eigenvalue weighted by atomic mass is 32.2. The topological polar surface area (TPSA) is 92.3 Å². The number of benzene rings is 1. The lowest BCUT2D eigenvalue weighted by Gasteiger charge is -2.21. The molecule has 138 valence electrons. The number of nitrogens with zero attached hydrogens (tertiary/aromatic N) is 3. The Morgan fingerprint density at radius 3 is 2.69 bits per heavy atom. The van der Waals surface area contributed by atoms with Gasteiger partial charge >= 0.3 is 0 Å². The van der Waals surface area contributed by atoms with Crippen molar-refractivity contribution in [3.05, 3.63) is 42.2 Å². The van der Waals surface area contributed by atoms with Gasteiger partial charge in [-0.2, -0.15) is 4.31 Å². The second-order valence-electron chi connectivity index (χ2n) is 6.13. The van der Waals surface area contributed by atoms with Gasteiger partial charge in [0.25, 0.3) is 0 Å². The molecule has 1 aliphatic heterocycles. The van der Waals surface area contributed by atoms with Crippen molar-refractivity contribution in [1.82, 2.24) is 14.3 Å². The zero-order valence-corrected chi connectivity index (χ0v) is 16.2. The highest BCUT2D eigenvalue weighted by molar-refractivity contribution is 7.99. The normalized spacial score (nSPS) is 18.0. The Morgan fingerprint density at radius 1 is 1.31 bits per heavy atom. The summed E-state index contributed by atoms with van der Waals surface area (Å²) in [6, 6.07) is 6.76. The second kappa shape index (κ2) is 7.73. The van der Waals surface area contributed by atoms with E-state index in [0.29, 0.717) is 30.2 Å². The lowest BCUT2D eigenvalue weighted by atomic mass is 10.1. The summed E-state index contributed by atoms with van der Waals surface area (Å²) in [4.78, 5) is 21.9. The maximum atomic E-state index is 12.6. The average molecular weight is 393 g/mol. The Morgan fingerprint density at radius 2 is 2.04 bits per heavy atom. The molecule has 3 rings (SSSR count). The first-order chi connectivity index (χ1) is 12.3. The van der Waals surface area contributed by atoms with Gasteiger partial charge in [-0.15, -0.1) is 0 Å². The molecule has 2 heterocycles. The maximum Gasteiger partial charge on any atom is 0.242 e. The number of carbonyl (C=O) groups excluding carboxylic acids is 1. The smallest absolute Gasteiger partial charge is 0.242 e. The Bertz CT molecular complexity index is 903. The Hall–Kier alpha value is -1.97. The number of nitrogens with one attached hydrogen (secondary N) is 1. The van der Waals surface area contributed by atoms with Crippen molar-refractivity contribution in [1.29, 1.82) is 0 Å². The molecule has 1 fully saturated rings. The lowest BCUT2D eigenvalue weighted by Crippen LogP contribution is -2.42. The van der Waals surface area contributed by atoms with E-state index in [1.54, 1.807) is 18.5 Å². The molecule has 0 radical (unpaired) electrons. The van der Waals surface area contributed by atoms with E-state index in [2.05, 4.69) is 15.3 Å². The summed E-state index contributed by atoms with van der Waals surface area (Å²) in [6.07, 6.45) is 5.74. The lowest BCUT2D eigenvalue weighted by molar-refractivity contribution is -0.119. The molecule has 1 atom stereocenters. The van der Waals surface area contributed by atoms with Crippen molar-refractivity contribution in [2.24, 2.45) is 0 Å². The van der Waals surface area contributed by atoms with E-state index in [1.165, 1.54) is 16.1 Å². The summed E-state index contributed by atoms with van der Waals surface area (Å²) in [5.74, 6) is -0.289. The van der Waals surface area contributed by atoms with Gasteiger partial charge in [0, 0.05) is 29.5 Å². The number of hydrogen-bond acceptors (Lipinski definition) is 6. The molecule has 1 amide bonds. The Balaban J connectivity index is 1.71. The van der Waals surface area contributed by atoms with Crippen LogP contribution in [0.4, 0.5) is 5.69 Å². The first-order valence-electron chi connectivity index (χ1n) is 8.18. The van der Waals surface area contributed by atoms with E-state index < -0.39 is 16.1 Å². The average Bonchev–Trinajstić information content (AvgIpc) is 3.08. The molecule has 0 bridgehead atoms. The summed E-state index contributed by atoms with van der Waals surface area (Å²) in [5.41, 5.74) is 1.57. The molecule has 7 nitrogen and oxygen atoms in total. The van der Waals surface area contributed by atoms with Gasteiger partial charge in [0.05, 0.1) is 6.26 Å². The van der Waals surface area contributed by atoms with Crippen molar-refractivity contribution >= 4 is 33.4 Å². The molecule has 1 aromatic carbocycles. The summed E-state index contributed by atoms with van der Waals surface area (Å²) in [7, 11) is -3.39. The van der Waals surface area contributed by atoms with Crippen LogP contribution in [0.1, 0.15) is 18.4 Å². The predicted molar refractivity (Wildman–Crippen MR) is 101 cm³/mol. The highest BCUT2D eigenvalue weighted by Gasteiger charge is 2.36. The summed E-state index contributed by atoms with van der Waals surface area (Å²) in [5, 5.41) is 3.51. The summed E-state index contributed by atoms with van der Waals surface area (Å²) in [6.45, 7) is 2.29. The molecular weight excluding hydrogens is 372 g/mol. The van der Waals surface area contributed by atoms with Crippen molar-refractivity contribution in [3.63, 3.8) is 0 Å². The minimum Gasteiger partial charge on any atom is -0.324 e. The monoisotopic (exact) mass is 392 g/mol. The molecule has 1 N–H and O–H groups in total. The molecule has 0 spiro atoms. The largest absolute Gasteiger partial charge is 0.324 e. The van der Waals surface area contributed by atoms with Crippen LogP contribution in [0.25, 0.3) is 0 Å². The SMILES string of the molecule is Cc1cc(Sc2ncccn2)ccc1NC(=O)C1CCCN1S(C)(=O)=O. The Labute approximate surface area is 157 Å². The summed E-state index contributed by atoms with van der Waals surface area (Å²) < 4.78 is 24.9. The zero-order valence-electron chi connectivity index (χ0n) is 14.5. The van der Waals surface area contributed by atoms with E-state index in [4.69, 9.17) is 0 Å². The predicted octanol–water partition coefficient (Wildman–Crippen LogP) is 2.30. The molecule has 1 aromatic heterocycles. The number of anilines is 1. The standard InChI is InChI=1S/C17H20N4O3S2/c1-12-11-13(25-17-18-8-4-9-19-17)6-7-14(12)20-16(22)15-5-3-10-21(15)26(2,23)24/h4,6-9,11,15H,3,5,10H2,1-2H3,(H,20,22). The van der Waals surface area contributed by atoms with Crippen LogP contribution in [0.5, 0.6) is 0 Å². The number of aromatic nitrogens is 2. The number of rotatable bonds is 5. The molecule has 0 saturated carbocycles. The van der Waals surface area contributed by atoms with Crippen LogP contribution in [0.15, 0.2) is 46.7 Å². The van der Waals surface area contributed by atoms with E-state index >= 15 is 0 Å². The van der Waals surface area contributed by atoms with Gasteiger partial charge in [0.15, 0.2) is 5.16 Å². The number of sulfonamides is 1. The van der Waals surface area contributed by atoms with Gasteiger partial charge in [-0.25, -0.2) is 18.4 Å². The van der Waals surface area contributed by atoms with Gasteiger partial charge < -0.3 is 5.32 Å². The first kappa shape index (κ1) is 18.8. The van der Waals surface area contributed by atoms with Gasteiger partial charge in [-0.3, -0.25) is 4.79 Å². The van der Waals surface area contributed by atoms with Gasteiger partial charge in [-0.1, -0.05) is 0 Å². The van der Waals surface area contributed by atoms with Crippen molar-refractivity contribution < 1.29 is 13.2 Å². The van der Waals surface area contributed by atoms with Crippen LogP contribution in [0.3, 0.4) is 0 Å². The Kier molecular flexibility index (Phi) is 5.59. The molecular formula is C17H20N4O3S2. The highest BCUT2D eigenvalue weighted by Crippen LogP contribution is 2.28. The number of hydrogen-bond donors (Lipinski definition) is 1. The fourth-order valence-corrected chi connectivity index (χ4v) is 4.83. The van der Waals surface area contributed by atoms with Crippen LogP contribution >= 0.6 is 11.8 Å². The van der Waals surface area contributed by atoms with Crippen LogP contribution in [-0.2, 0) is 14.8 Å². The molecule has 26 heavy (non-hydrogen) atoms. The second-order valence-corrected chi connectivity index (χ2v) is 9.11. The van der Waals surface area contributed by atoms with E-state index in [1.807, 2.05) is 25.1 Å². The molecule has 1 saturated heterocycles. The van der Waals surface area contributed by atoms with E-state index in [-0.39, 0.29) is 5.91 Å². The van der Waals surface area contributed by atoms with Crippen molar-refractivity contribution in [3.8, 4) is 0 Å². The van der Waals surface area contributed by atoms with Gasteiger partial charge in [0.1, 0.15) is 6.04 Å². The first-order valence-corrected chi connectivity index (χ1v) is 10.8. The third-order valence-electron chi connectivity index (χ3n) is 4.14. The van der Waals surface area contributed by atoms with Crippen LogP contribution in [0, 0.1) is 6.92 Å². The van der Waals surface area contributed by atoms with E-state index in [0.717, 1.165) is 16.7 Å². The fourth-order valence-electron chi connectivity index (χ4n) is 2.90. The number of carbonyl (C=O) groups is 1. The fraction of sp³-hybridized carbons (Fsp3) is 0.353. The third kappa shape index (κ3) is 4.40. The number of amides is 1. The minimum atomic E-state index is -3.39. The molecule has 0 aliphatic carbocycles. The van der Waals surface area contributed by atoms with Crippen LogP contribution in [-0.4, -0.2) is 47.4 Å².